The fourth-order valence-corrected chi connectivity index (χ4v) is 4.99. The molecule has 0 bridgehead atoms. The van der Waals surface area contributed by atoms with Crippen molar-refractivity contribution in [3.63, 3.8) is 0 Å². The van der Waals surface area contributed by atoms with Gasteiger partial charge in [0, 0.05) is 36.5 Å². The predicted octanol–water partition coefficient (Wildman–Crippen LogP) is 4.55. The molecular formula is C33H41N7O2. The standard InChI is InChI=1S/C26H33N7O2.C7H8/c1-17-5-3-6-19(15-17)24-31-21-16-20(25(34)32-11-13-35-14-12-32)8-9-23(21)33(24)22(18(2)27)7-4-10-30-26(28)29;1-7-5-3-2-4-6-7/h3,5-6,8-9,15-16,22H,2,4,7,10-14,27H2,1H3,(H4,28,29,30);2-6H,1H3. The predicted molar refractivity (Wildman–Crippen MR) is 170 cm³/mol. The van der Waals surface area contributed by atoms with E-state index in [0.29, 0.717) is 50.5 Å². The van der Waals surface area contributed by atoms with Gasteiger partial charge in [0.2, 0.25) is 0 Å². The van der Waals surface area contributed by atoms with Gasteiger partial charge in [0.25, 0.3) is 5.91 Å². The number of rotatable bonds is 8. The topological polar surface area (TPSA) is 138 Å². The first-order chi connectivity index (χ1) is 20.2. The minimum Gasteiger partial charge on any atom is -0.401 e. The zero-order valence-electron chi connectivity index (χ0n) is 24.5. The third kappa shape index (κ3) is 7.76. The van der Waals surface area contributed by atoms with Crippen LogP contribution in [-0.4, -0.2) is 59.2 Å². The number of aliphatic imine (C=N–C) groups is 1. The third-order valence-corrected chi connectivity index (χ3v) is 7.12. The van der Waals surface area contributed by atoms with Gasteiger partial charge in [0.05, 0.1) is 30.3 Å². The van der Waals surface area contributed by atoms with Gasteiger partial charge < -0.3 is 31.4 Å². The second-order valence-corrected chi connectivity index (χ2v) is 10.5. The van der Waals surface area contributed by atoms with E-state index in [1.54, 1.807) is 0 Å². The van der Waals surface area contributed by atoms with Crippen molar-refractivity contribution >= 4 is 22.9 Å². The zero-order valence-corrected chi connectivity index (χ0v) is 24.5. The van der Waals surface area contributed by atoms with E-state index < -0.39 is 0 Å². The van der Waals surface area contributed by atoms with Crippen LogP contribution in [-0.2, 0) is 4.74 Å². The number of imidazole rings is 1. The highest BCUT2D eigenvalue weighted by atomic mass is 16.5. The molecule has 0 spiro atoms. The van der Waals surface area contributed by atoms with Crippen molar-refractivity contribution in [3.8, 4) is 11.4 Å². The van der Waals surface area contributed by atoms with Crippen molar-refractivity contribution < 1.29 is 9.53 Å². The SMILES string of the molecule is C=C(N)C(CCCN=C(N)N)n1c(-c2cccc(C)c2)nc2cc(C(=O)N3CCOCC3)ccc21.Cc1ccccc1. The lowest BCUT2D eigenvalue weighted by atomic mass is 10.1. The normalized spacial score (nSPS) is 13.6. The summed E-state index contributed by atoms with van der Waals surface area (Å²) in [5, 5.41) is 0. The molecule has 1 atom stereocenters. The van der Waals surface area contributed by atoms with Crippen LogP contribution in [0.1, 0.15) is 40.4 Å². The highest BCUT2D eigenvalue weighted by Crippen LogP contribution is 2.33. The molecule has 0 aliphatic carbocycles. The van der Waals surface area contributed by atoms with E-state index in [1.165, 1.54) is 5.56 Å². The van der Waals surface area contributed by atoms with Crippen molar-refractivity contribution in [2.75, 3.05) is 32.8 Å². The van der Waals surface area contributed by atoms with Crippen molar-refractivity contribution in [2.45, 2.75) is 32.7 Å². The van der Waals surface area contributed by atoms with Gasteiger partial charge in [0.1, 0.15) is 5.82 Å². The lowest BCUT2D eigenvalue weighted by Crippen LogP contribution is -2.40. The summed E-state index contributed by atoms with van der Waals surface area (Å²) < 4.78 is 7.50. The lowest BCUT2D eigenvalue weighted by Gasteiger charge is -2.27. The number of aromatic nitrogens is 2. The van der Waals surface area contributed by atoms with E-state index in [9.17, 15) is 4.79 Å². The molecule has 220 valence electrons. The Bertz CT molecular complexity index is 1530. The van der Waals surface area contributed by atoms with Crippen LogP contribution >= 0.6 is 0 Å². The summed E-state index contributed by atoms with van der Waals surface area (Å²) in [5.74, 6) is 0.830. The number of amides is 1. The van der Waals surface area contributed by atoms with Crippen LogP contribution in [0.4, 0.5) is 0 Å². The summed E-state index contributed by atoms with van der Waals surface area (Å²) in [6.45, 7) is 11.0. The average Bonchev–Trinajstić information content (AvgIpc) is 3.36. The van der Waals surface area contributed by atoms with Gasteiger partial charge in [-0.25, -0.2) is 4.98 Å². The number of nitrogens with two attached hydrogens (primary N) is 3. The molecule has 1 amide bonds. The number of hydrogen-bond acceptors (Lipinski definition) is 5. The van der Waals surface area contributed by atoms with E-state index in [0.717, 1.165) is 34.4 Å². The van der Waals surface area contributed by atoms with Crippen LogP contribution in [0, 0.1) is 13.8 Å². The van der Waals surface area contributed by atoms with E-state index >= 15 is 0 Å². The molecule has 6 N–H and O–H groups in total. The van der Waals surface area contributed by atoms with Crippen molar-refractivity contribution in [2.24, 2.45) is 22.2 Å². The molecule has 4 aromatic rings. The van der Waals surface area contributed by atoms with Gasteiger partial charge in [-0.2, -0.15) is 0 Å². The van der Waals surface area contributed by atoms with Gasteiger partial charge in [-0.05, 0) is 51.0 Å². The molecule has 3 aromatic carbocycles. The highest BCUT2D eigenvalue weighted by molar-refractivity contribution is 5.98. The van der Waals surface area contributed by atoms with Gasteiger partial charge in [0.15, 0.2) is 5.96 Å². The van der Waals surface area contributed by atoms with Crippen molar-refractivity contribution in [1.82, 2.24) is 14.5 Å². The molecule has 5 rings (SSSR count). The Hall–Kier alpha value is -4.63. The Morgan fingerprint density at radius 2 is 1.69 bits per heavy atom. The molecule has 1 saturated heterocycles. The summed E-state index contributed by atoms with van der Waals surface area (Å²) in [6.07, 6.45) is 1.41. The van der Waals surface area contributed by atoms with Gasteiger partial charge >= 0.3 is 0 Å². The molecule has 0 saturated carbocycles. The fourth-order valence-electron chi connectivity index (χ4n) is 4.99. The second kappa shape index (κ2) is 14.3. The molecule has 42 heavy (non-hydrogen) atoms. The van der Waals surface area contributed by atoms with Crippen molar-refractivity contribution in [3.05, 3.63) is 102 Å². The molecule has 1 unspecified atom stereocenters. The quantitative estimate of drug-likeness (QED) is 0.162. The van der Waals surface area contributed by atoms with Crippen LogP contribution in [0.3, 0.4) is 0 Å². The molecule has 0 radical (unpaired) electrons. The smallest absolute Gasteiger partial charge is 0.254 e. The highest BCUT2D eigenvalue weighted by Gasteiger charge is 2.24. The maximum absolute atomic E-state index is 13.1. The minimum atomic E-state index is -0.217. The fraction of sp³-hybridized carbons (Fsp3) is 0.303. The van der Waals surface area contributed by atoms with Gasteiger partial charge in [-0.15, -0.1) is 0 Å². The molecule has 9 nitrogen and oxygen atoms in total. The largest absolute Gasteiger partial charge is 0.401 e. The van der Waals surface area contributed by atoms with E-state index in [2.05, 4.69) is 41.3 Å². The average molecular weight is 568 g/mol. The Balaban J connectivity index is 0.000000507. The Morgan fingerprint density at radius 3 is 2.31 bits per heavy atom. The zero-order chi connectivity index (χ0) is 30.1. The number of hydrogen-bond donors (Lipinski definition) is 3. The number of ether oxygens (including phenoxy) is 1. The number of aryl methyl sites for hydroxylation is 2. The Kier molecular flexibility index (Phi) is 10.3. The number of morpholine rings is 1. The van der Waals surface area contributed by atoms with Gasteiger partial charge in [-0.1, -0.05) is 66.2 Å². The molecular weight excluding hydrogens is 526 g/mol. The number of carbonyl (C=O) groups is 1. The first-order valence-electron chi connectivity index (χ1n) is 14.2. The maximum atomic E-state index is 13.1. The first-order valence-corrected chi connectivity index (χ1v) is 14.2. The van der Waals surface area contributed by atoms with Crippen LogP contribution in [0.5, 0.6) is 0 Å². The molecule has 1 fully saturated rings. The summed E-state index contributed by atoms with van der Waals surface area (Å²) in [4.78, 5) is 24.0. The number of nitrogens with zero attached hydrogens (tertiary/aromatic N) is 4. The van der Waals surface area contributed by atoms with Crippen LogP contribution in [0.15, 0.2) is 90.1 Å². The van der Waals surface area contributed by atoms with E-state index in [4.69, 9.17) is 26.9 Å². The second-order valence-electron chi connectivity index (χ2n) is 10.5. The summed E-state index contributed by atoms with van der Waals surface area (Å²) in [6, 6.07) is 23.9. The first kappa shape index (κ1) is 30.3. The minimum absolute atomic E-state index is 0.0149. The number of guanidine groups is 1. The lowest BCUT2D eigenvalue weighted by molar-refractivity contribution is 0.0303. The molecule has 1 aliphatic heterocycles. The van der Waals surface area contributed by atoms with Crippen LogP contribution < -0.4 is 17.2 Å². The Morgan fingerprint density at radius 1 is 0.976 bits per heavy atom. The molecule has 2 heterocycles. The van der Waals surface area contributed by atoms with Crippen LogP contribution in [0.2, 0.25) is 0 Å². The number of carbonyl (C=O) groups excluding carboxylic acids is 1. The molecule has 1 aliphatic rings. The number of allylic oxidation sites excluding steroid dienone is 1. The van der Waals surface area contributed by atoms with Crippen LogP contribution in [0.25, 0.3) is 22.4 Å². The number of benzene rings is 3. The number of fused-ring (bicyclic) bond motifs is 1. The maximum Gasteiger partial charge on any atom is 0.254 e. The van der Waals surface area contributed by atoms with Crippen molar-refractivity contribution in [1.29, 1.82) is 0 Å². The summed E-state index contributed by atoms with van der Waals surface area (Å²) in [7, 11) is 0. The van der Waals surface area contributed by atoms with E-state index in [1.807, 2.05) is 66.4 Å². The summed E-state index contributed by atoms with van der Waals surface area (Å²) >= 11 is 0. The molecule has 9 heteroatoms. The third-order valence-electron chi connectivity index (χ3n) is 7.12. The van der Waals surface area contributed by atoms with E-state index in [-0.39, 0.29) is 17.9 Å². The van der Waals surface area contributed by atoms with Gasteiger partial charge in [-0.3, -0.25) is 9.79 Å². The monoisotopic (exact) mass is 567 g/mol. The Labute approximate surface area is 247 Å². The summed E-state index contributed by atoms with van der Waals surface area (Å²) in [5.41, 5.74) is 23.4. The molecule has 1 aromatic heterocycles.